The number of guanidine groups is 1. The van der Waals surface area contributed by atoms with E-state index in [2.05, 4.69) is 47.7 Å². The maximum absolute atomic E-state index is 13.0. The molecule has 0 amide bonds. The Labute approximate surface area is 310 Å². The average molecular weight is 737 g/mol. The largest absolute Gasteiger partial charge is 0.504 e. The number of carbonyl (C=O) groups excluding carboxylic acids is 1. The van der Waals surface area contributed by atoms with Crippen molar-refractivity contribution in [2.24, 2.45) is 22.7 Å². The van der Waals surface area contributed by atoms with Crippen molar-refractivity contribution < 1.29 is 29.2 Å². The number of carbonyl (C=O) groups is 1. The summed E-state index contributed by atoms with van der Waals surface area (Å²) >= 11 is 0. The molecule has 3 aliphatic heterocycles. The van der Waals surface area contributed by atoms with Gasteiger partial charge in [0.1, 0.15) is 12.5 Å². The summed E-state index contributed by atoms with van der Waals surface area (Å²) in [4.78, 5) is 17.8. The van der Waals surface area contributed by atoms with Gasteiger partial charge < -0.3 is 35.1 Å². The van der Waals surface area contributed by atoms with Crippen LogP contribution in [0.15, 0.2) is 23.2 Å². The Kier molecular flexibility index (Phi) is 12.9. The van der Waals surface area contributed by atoms with Crippen LogP contribution in [0.1, 0.15) is 67.3 Å². The van der Waals surface area contributed by atoms with Crippen LogP contribution < -0.4 is 30.2 Å². The Bertz CT molecular complexity index is 1660. The third-order valence-electron chi connectivity index (χ3n) is 10.5. The number of phenolic OH excluding ortho intramolecular Hbond substituents is 1. The molecule has 1 saturated heterocycles. The van der Waals surface area contributed by atoms with Crippen molar-refractivity contribution in [1.82, 2.24) is 16.0 Å². The molecule has 1 fully saturated rings. The van der Waals surface area contributed by atoms with Crippen LogP contribution in [0.2, 0.25) is 0 Å². The molecule has 0 aromatic heterocycles. The summed E-state index contributed by atoms with van der Waals surface area (Å²) in [6.45, 7) is 6.19. The molecule has 5 atom stereocenters. The van der Waals surface area contributed by atoms with Crippen LogP contribution in [0.25, 0.3) is 0 Å². The lowest BCUT2D eigenvalue weighted by Gasteiger charge is -2.40. The monoisotopic (exact) mass is 736 g/mol. The molecule has 0 unspecified atom stereocenters. The van der Waals surface area contributed by atoms with E-state index >= 15 is 0 Å². The minimum atomic E-state index is -0.759. The Balaban J connectivity index is 1.36. The van der Waals surface area contributed by atoms with E-state index in [4.69, 9.17) is 19.2 Å². The number of fused-ring (bicyclic) bond motifs is 7. The first kappa shape index (κ1) is 37.5. The van der Waals surface area contributed by atoms with E-state index in [1.54, 1.807) is 12.1 Å². The van der Waals surface area contributed by atoms with Gasteiger partial charge in [-0.1, -0.05) is 59.4 Å². The number of phenols is 1. The number of rotatable bonds is 6. The molecule has 0 radical (unpaired) electrons. The van der Waals surface area contributed by atoms with Gasteiger partial charge >= 0.3 is 0 Å². The number of benzene rings is 2. The number of aliphatic hydroxyl groups is 1. The number of aromatic hydroxyl groups is 1. The Hall–Kier alpha value is -3.24. The second kappa shape index (κ2) is 17.5. The van der Waals surface area contributed by atoms with E-state index in [9.17, 15) is 15.0 Å². The number of hydrogen-bond donors (Lipinski definition) is 5. The van der Waals surface area contributed by atoms with E-state index in [0.29, 0.717) is 74.0 Å². The number of aliphatic imine (C=N–C) groups is 1. The first-order valence-electron chi connectivity index (χ1n) is 18.2. The maximum Gasteiger partial charge on any atom is 0.191 e. The molecular formula is C39H52N4O6S2. The quantitative estimate of drug-likeness (QED) is 0.161. The molecular weight excluding hydrogens is 685 g/mol. The van der Waals surface area contributed by atoms with Crippen LogP contribution in [0.3, 0.4) is 0 Å². The zero-order valence-electron chi connectivity index (χ0n) is 30.2. The second-order valence-corrected chi connectivity index (χ2v) is 16.9. The molecule has 6 rings (SSSR count). The Morgan fingerprint density at radius 2 is 1.92 bits per heavy atom. The number of methoxy groups -OCH3 is 1. The molecule has 2 aromatic carbocycles. The first-order chi connectivity index (χ1) is 24.7. The van der Waals surface area contributed by atoms with Gasteiger partial charge in [-0.25, -0.2) is 0 Å². The summed E-state index contributed by atoms with van der Waals surface area (Å²) in [5, 5.41) is 32.2. The number of nitrogens with one attached hydrogen (secondary N) is 3. The summed E-state index contributed by atoms with van der Waals surface area (Å²) in [5.41, 5.74) is 4.50. The second-order valence-electron chi connectivity index (χ2n) is 14.3. The molecule has 0 saturated carbocycles. The molecule has 1 aliphatic carbocycles. The lowest BCUT2D eigenvalue weighted by Crippen LogP contribution is -2.56. The zero-order chi connectivity index (χ0) is 35.9. The summed E-state index contributed by atoms with van der Waals surface area (Å²) in [7, 11) is 7.25. The topological polar surface area (TPSA) is 134 Å². The summed E-state index contributed by atoms with van der Waals surface area (Å²) in [6.07, 6.45) is 3.29. The van der Waals surface area contributed by atoms with Gasteiger partial charge in [-0.15, -0.1) is 0 Å². The Morgan fingerprint density at radius 3 is 2.73 bits per heavy atom. The van der Waals surface area contributed by atoms with E-state index in [-0.39, 0.29) is 36.3 Å². The third kappa shape index (κ3) is 9.05. The van der Waals surface area contributed by atoms with Gasteiger partial charge in [0.25, 0.3) is 0 Å². The summed E-state index contributed by atoms with van der Waals surface area (Å²) < 4.78 is 18.7. The first-order valence-corrected chi connectivity index (χ1v) is 20.7. The van der Waals surface area contributed by atoms with Crippen LogP contribution in [-0.2, 0) is 30.5 Å². The fourth-order valence-corrected chi connectivity index (χ4v) is 10.4. The Morgan fingerprint density at radius 1 is 1.08 bits per heavy atom. The number of aryl methyl sites for hydroxylation is 2. The fourth-order valence-electron chi connectivity index (χ4n) is 7.49. The van der Waals surface area contributed by atoms with Gasteiger partial charge in [-0.3, -0.25) is 15.1 Å². The third-order valence-corrected chi connectivity index (χ3v) is 13.0. The number of Topliss-reactive ketones (excluding diaryl/α,β-unsaturated/α-hetero) is 1. The highest BCUT2D eigenvalue weighted by Crippen LogP contribution is 2.45. The predicted molar refractivity (Wildman–Crippen MR) is 205 cm³/mol. The van der Waals surface area contributed by atoms with Gasteiger partial charge in [0.05, 0.1) is 25.4 Å². The summed E-state index contributed by atoms with van der Waals surface area (Å²) in [5.74, 6) is 12.4. The standard InChI is InChI=1S/C39H52N4O6S2/c1-23(2)34-21-51-50-20-32(33-14-15-41-39(42-33)43-34)27-17-31-25-9-12-29(45)18-28(44)11-8-24-10-13-35(46)37(47-4)30(24)7-5-6-26(16-25)36(49-22-40-3)38(31)48-19-27/h10,13,16,23,27,29,32-34,40,45-46H,6,8-9,11-12,14-15,17-22H2,1-4H3,(H2,41,42,43)/t27-,29-,32-,33+,34+/m1/s1. The lowest BCUT2D eigenvalue weighted by atomic mass is 9.78. The highest BCUT2D eigenvalue weighted by molar-refractivity contribution is 8.76. The SMILES string of the molecule is CNCOc1c2cc(c3c1OC[C@H]([C@H]1CSSC[C@@H](C(C)C)NC4=NCC[C@@H]1N4)C3)CC[C@@H](O)CC(=O)CCc1ccc(O)c(OC)c1C#CC2. The van der Waals surface area contributed by atoms with Crippen LogP contribution in [0.4, 0.5) is 0 Å². The molecule has 3 heterocycles. The molecule has 12 heteroatoms. The van der Waals surface area contributed by atoms with Crippen molar-refractivity contribution in [3.8, 4) is 34.8 Å². The predicted octanol–water partition coefficient (Wildman–Crippen LogP) is 4.64. The van der Waals surface area contributed by atoms with Crippen molar-refractivity contribution in [2.45, 2.75) is 83.4 Å². The van der Waals surface area contributed by atoms with Gasteiger partial charge in [0, 0.05) is 66.4 Å². The highest BCUT2D eigenvalue weighted by atomic mass is 33.1. The smallest absolute Gasteiger partial charge is 0.191 e. The van der Waals surface area contributed by atoms with Gasteiger partial charge in [0.2, 0.25) is 0 Å². The molecule has 5 N–H and O–H groups in total. The van der Waals surface area contributed by atoms with Crippen LogP contribution in [0, 0.1) is 29.6 Å². The van der Waals surface area contributed by atoms with Crippen LogP contribution in [0.5, 0.6) is 23.0 Å². The van der Waals surface area contributed by atoms with E-state index in [1.165, 1.54) is 7.11 Å². The number of ether oxygens (including phenoxy) is 3. The fraction of sp³-hybridized carbons (Fsp3) is 0.590. The van der Waals surface area contributed by atoms with Crippen LogP contribution >= 0.6 is 21.6 Å². The number of aliphatic hydroxyl groups excluding tert-OH is 1. The van der Waals surface area contributed by atoms with Crippen LogP contribution in [-0.4, -0.2) is 85.7 Å². The molecule has 276 valence electrons. The van der Waals surface area contributed by atoms with E-state index in [0.717, 1.165) is 64.9 Å². The van der Waals surface area contributed by atoms with Gasteiger partial charge in [-0.2, -0.15) is 0 Å². The molecule has 51 heavy (non-hydrogen) atoms. The summed E-state index contributed by atoms with van der Waals surface area (Å²) in [6, 6.07) is 6.16. The van der Waals surface area contributed by atoms with E-state index < -0.39 is 6.10 Å². The zero-order valence-corrected chi connectivity index (χ0v) is 31.8. The minimum Gasteiger partial charge on any atom is -0.504 e. The van der Waals surface area contributed by atoms with E-state index in [1.807, 2.05) is 28.6 Å². The van der Waals surface area contributed by atoms with Gasteiger partial charge in [0.15, 0.2) is 29.0 Å². The number of ketones is 1. The average Bonchev–Trinajstić information content (AvgIpc) is 3.12. The van der Waals surface area contributed by atoms with Crippen molar-refractivity contribution in [3.63, 3.8) is 0 Å². The van der Waals surface area contributed by atoms with Crippen molar-refractivity contribution in [1.29, 1.82) is 0 Å². The molecule has 4 bridgehead atoms. The van der Waals surface area contributed by atoms with Crippen molar-refractivity contribution in [3.05, 3.63) is 46.0 Å². The normalized spacial score (nSPS) is 25.5. The molecule has 2 aromatic rings. The minimum absolute atomic E-state index is 0.00213. The molecule has 0 spiro atoms. The maximum atomic E-state index is 13.0. The van der Waals surface area contributed by atoms with Gasteiger partial charge in [-0.05, 0) is 68.2 Å². The molecule has 4 aliphatic rings. The van der Waals surface area contributed by atoms with Crippen molar-refractivity contribution in [2.75, 3.05) is 45.5 Å². The highest BCUT2D eigenvalue weighted by Gasteiger charge is 2.38. The lowest BCUT2D eigenvalue weighted by molar-refractivity contribution is -0.121. The number of nitrogens with zero attached hydrogens (tertiary/aromatic N) is 1. The van der Waals surface area contributed by atoms with Crippen molar-refractivity contribution >= 4 is 33.3 Å². The molecule has 10 nitrogen and oxygen atoms in total. The number of hydrogen-bond acceptors (Lipinski definition) is 12.